The summed E-state index contributed by atoms with van der Waals surface area (Å²) in [7, 11) is 6.49. The van der Waals surface area contributed by atoms with Crippen LogP contribution in [0, 0.1) is 0 Å². The smallest absolute Gasteiger partial charge is 0.307 e. The van der Waals surface area contributed by atoms with Crippen LogP contribution in [0.3, 0.4) is 0 Å². The Morgan fingerprint density at radius 2 is 0.263 bits per heavy atom. The lowest BCUT2D eigenvalue weighted by atomic mass is 10.1. The van der Waals surface area contributed by atoms with E-state index >= 15 is 0 Å². The molecule has 698 valence electrons. The molecule has 0 aromatic heterocycles. The molecule has 19 heteroatoms. The molecule has 118 heavy (non-hydrogen) atoms. The summed E-state index contributed by atoms with van der Waals surface area (Å²) in [4.78, 5) is 95.8. The van der Waals surface area contributed by atoms with Crippen molar-refractivity contribution in [2.24, 2.45) is 0 Å². The molecular formula is C99H195N7O12. The Morgan fingerprint density at radius 3 is 0.390 bits per heavy atom. The van der Waals surface area contributed by atoms with Crippen molar-refractivity contribution < 1.29 is 57.2 Å². The number of ether oxygens (including phenoxy) is 6. The molecule has 0 N–H and O–H groups in total. The quantitative estimate of drug-likeness (QED) is 0.0318. The number of carbonyl (C=O) groups is 6. The van der Waals surface area contributed by atoms with Crippen LogP contribution >= 0.6 is 0 Å². The van der Waals surface area contributed by atoms with E-state index in [9.17, 15) is 28.8 Å². The van der Waals surface area contributed by atoms with Crippen molar-refractivity contribution in [3.8, 4) is 0 Å². The second-order valence-electron chi connectivity index (χ2n) is 35.1. The summed E-state index contributed by atoms with van der Waals surface area (Å²) in [6.45, 7) is 28.5. The Hall–Kier alpha value is -3.46. The molecule has 0 aliphatic carbocycles. The van der Waals surface area contributed by atoms with Crippen molar-refractivity contribution in [1.82, 2.24) is 34.3 Å². The van der Waals surface area contributed by atoms with Gasteiger partial charge in [0.05, 0.1) is 78.2 Å². The van der Waals surface area contributed by atoms with Gasteiger partial charge in [-0.05, 0) is 59.7 Å². The average Bonchev–Trinajstić information content (AvgIpc) is 0.934. The van der Waals surface area contributed by atoms with Gasteiger partial charge in [-0.1, -0.05) is 350 Å². The van der Waals surface area contributed by atoms with Crippen LogP contribution in [0.15, 0.2) is 0 Å². The average molecular weight is 1680 g/mol. The largest absolute Gasteiger partial charge is 0.466 e. The van der Waals surface area contributed by atoms with Gasteiger partial charge < -0.3 is 57.8 Å². The van der Waals surface area contributed by atoms with Gasteiger partial charge in [-0.3, -0.25) is 33.7 Å². The highest BCUT2D eigenvalue weighted by atomic mass is 16.6. The van der Waals surface area contributed by atoms with Crippen LogP contribution in [0.5, 0.6) is 0 Å². The summed E-state index contributed by atoms with van der Waals surface area (Å²) in [6, 6.07) is 0. The summed E-state index contributed by atoms with van der Waals surface area (Å²) < 4.78 is 34.6. The zero-order chi connectivity index (χ0) is 86.1. The van der Waals surface area contributed by atoms with E-state index in [-0.39, 0.29) is 74.3 Å². The molecule has 0 aromatic rings. The van der Waals surface area contributed by atoms with E-state index in [0.717, 1.165) is 136 Å². The number of rotatable bonds is 96. The first-order valence-corrected chi connectivity index (χ1v) is 50.6. The molecule has 0 bridgehead atoms. The molecule has 0 rings (SSSR count). The third kappa shape index (κ3) is 84.7. The Kier molecular flexibility index (Phi) is 88.6. The molecule has 0 aliphatic rings. The van der Waals surface area contributed by atoms with Gasteiger partial charge >= 0.3 is 35.8 Å². The first-order chi connectivity index (χ1) is 57.7. The summed E-state index contributed by atoms with van der Waals surface area (Å²) in [6.07, 6.45) is 66.7. The number of likely N-dealkylation sites (N-methyl/N-ethyl adjacent to an activating group) is 3. The SMILES string of the molecule is CCCCCCCCCCCOC(=O)CCN(CCC(=O)OCCCCCCCCCCC)CCN(C)CCN(CCN(C)CCN(CCC(=O)OCCCCCCCCCCC)CCC(=O)OCCCCCCCCCCC)CCN(C)CCN(CCC(=O)OCCCCCCCCCCC)CCC(=O)OCCCCCCCCCCC. The molecule has 0 fully saturated rings. The minimum absolute atomic E-state index is 0.185. The van der Waals surface area contributed by atoms with Crippen LogP contribution < -0.4 is 0 Å². The molecule has 0 saturated carbocycles. The highest BCUT2D eigenvalue weighted by Gasteiger charge is 2.20. The van der Waals surface area contributed by atoms with Gasteiger partial charge in [0.15, 0.2) is 0 Å². The summed E-state index contributed by atoms with van der Waals surface area (Å²) in [5.74, 6) is -1.11. The molecule has 0 aromatic carbocycles. The van der Waals surface area contributed by atoms with Gasteiger partial charge in [0.2, 0.25) is 0 Å². The summed E-state index contributed by atoms with van der Waals surface area (Å²) >= 11 is 0. The van der Waals surface area contributed by atoms with Gasteiger partial charge in [0.25, 0.3) is 0 Å². The van der Waals surface area contributed by atoms with Crippen LogP contribution in [0.1, 0.15) is 427 Å². The molecule has 19 nitrogen and oxygen atoms in total. The normalized spacial score (nSPS) is 11.8. The van der Waals surface area contributed by atoms with E-state index in [0.29, 0.717) is 98.5 Å². The number of hydrogen-bond acceptors (Lipinski definition) is 19. The fourth-order valence-electron chi connectivity index (χ4n) is 15.1. The van der Waals surface area contributed by atoms with Gasteiger partial charge in [-0.15, -0.1) is 0 Å². The monoisotopic (exact) mass is 1670 g/mol. The van der Waals surface area contributed by atoms with Crippen LogP contribution in [-0.4, -0.2) is 249 Å². The van der Waals surface area contributed by atoms with Gasteiger partial charge in [0, 0.05) is 118 Å². The molecule has 0 atom stereocenters. The lowest BCUT2D eigenvalue weighted by Crippen LogP contribution is -2.44. The minimum atomic E-state index is -0.185. The maximum Gasteiger partial charge on any atom is 0.307 e. The van der Waals surface area contributed by atoms with Gasteiger partial charge in [0.1, 0.15) is 0 Å². The first-order valence-electron chi connectivity index (χ1n) is 50.6. The molecule has 0 radical (unpaired) electrons. The first kappa shape index (κ1) is 115. The fourth-order valence-corrected chi connectivity index (χ4v) is 15.1. The Labute approximate surface area is 728 Å². The highest BCUT2D eigenvalue weighted by Crippen LogP contribution is 2.17. The van der Waals surface area contributed by atoms with Gasteiger partial charge in [-0.2, -0.15) is 0 Å². The third-order valence-corrected chi connectivity index (χ3v) is 23.6. The van der Waals surface area contributed by atoms with Crippen molar-refractivity contribution >= 4 is 35.8 Å². The molecule has 0 amide bonds. The standard InChI is InChI=1S/C99H195N7O12/c1-10-16-22-28-34-40-46-52-58-88-113-94(107)64-70-103(71-65-95(108)114-89-59-53-47-41-35-29-23-17-11-2)82-76-100(7)79-85-106(86-80-101(8)77-83-104(72-66-96(109)115-90-60-54-48-42-36-30-24-18-12-3)73-67-97(110)116-91-61-55-49-43-37-31-25-19-13-4)87-81-102(9)78-84-105(74-68-98(111)117-92-62-56-50-44-38-32-26-20-14-5)75-69-99(112)118-93-63-57-51-45-39-33-27-21-15-6/h10-93H2,1-9H3. The van der Waals surface area contributed by atoms with Crippen molar-refractivity contribution in [1.29, 1.82) is 0 Å². The maximum atomic E-state index is 13.2. The van der Waals surface area contributed by atoms with Gasteiger partial charge in [-0.25, -0.2) is 0 Å². The number of nitrogens with zero attached hydrogens (tertiary/aromatic N) is 7. The Morgan fingerprint density at radius 1 is 0.153 bits per heavy atom. The van der Waals surface area contributed by atoms with Crippen molar-refractivity contribution in [2.45, 2.75) is 427 Å². The van der Waals surface area contributed by atoms with Crippen LogP contribution in [0.2, 0.25) is 0 Å². The Balaban J connectivity index is 6.53. The van der Waals surface area contributed by atoms with Crippen LogP contribution in [0.25, 0.3) is 0 Å². The van der Waals surface area contributed by atoms with E-state index in [2.05, 4.69) is 97.0 Å². The molecule has 0 heterocycles. The van der Waals surface area contributed by atoms with E-state index < -0.39 is 0 Å². The van der Waals surface area contributed by atoms with E-state index in [1.807, 2.05) is 0 Å². The predicted octanol–water partition coefficient (Wildman–Crippen LogP) is 22.8. The maximum absolute atomic E-state index is 13.2. The number of hydrogen-bond donors (Lipinski definition) is 0. The summed E-state index contributed by atoms with van der Waals surface area (Å²) in [5.41, 5.74) is 0. The van der Waals surface area contributed by atoms with Crippen LogP contribution in [-0.2, 0) is 57.2 Å². The molecule has 0 saturated heterocycles. The number of carbonyl (C=O) groups excluding carboxylic acids is 6. The predicted molar refractivity (Wildman–Crippen MR) is 495 cm³/mol. The second kappa shape index (κ2) is 91.2. The van der Waals surface area contributed by atoms with E-state index in [1.54, 1.807) is 0 Å². The lowest BCUT2D eigenvalue weighted by molar-refractivity contribution is -0.146. The highest BCUT2D eigenvalue weighted by molar-refractivity contribution is 5.71. The molecular weight excluding hydrogens is 1480 g/mol. The van der Waals surface area contributed by atoms with E-state index in [4.69, 9.17) is 28.4 Å². The second-order valence-corrected chi connectivity index (χ2v) is 35.1. The van der Waals surface area contributed by atoms with Crippen molar-refractivity contribution in [3.63, 3.8) is 0 Å². The van der Waals surface area contributed by atoms with Crippen molar-refractivity contribution in [2.75, 3.05) is 179 Å². The zero-order valence-electron chi connectivity index (χ0n) is 79.4. The lowest BCUT2D eigenvalue weighted by Gasteiger charge is -2.31. The molecule has 0 spiro atoms. The fraction of sp³-hybridized carbons (Fsp3) is 0.939. The van der Waals surface area contributed by atoms with Crippen molar-refractivity contribution in [3.05, 3.63) is 0 Å². The molecule has 0 unspecified atom stereocenters. The third-order valence-electron chi connectivity index (χ3n) is 23.6. The number of esters is 6. The number of unbranched alkanes of at least 4 members (excludes halogenated alkanes) is 48. The summed E-state index contributed by atoms with van der Waals surface area (Å²) in [5, 5.41) is 0. The molecule has 0 aliphatic heterocycles. The zero-order valence-corrected chi connectivity index (χ0v) is 79.4. The van der Waals surface area contributed by atoms with E-state index in [1.165, 1.54) is 270 Å². The topological polar surface area (TPSA) is 180 Å². The minimum Gasteiger partial charge on any atom is -0.466 e. The van der Waals surface area contributed by atoms with Crippen LogP contribution in [0.4, 0.5) is 0 Å². The Bertz CT molecular complexity index is 1830.